The Morgan fingerprint density at radius 2 is 2.19 bits per heavy atom. The number of phenols is 1. The maximum atomic E-state index is 10.2. The first kappa shape index (κ1) is 13.8. The average molecular weight is 303 g/mol. The molecule has 0 saturated carbocycles. The number of nitrogens with one attached hydrogen (secondary N) is 1. The molecule has 0 radical (unpaired) electrons. The molecule has 0 fully saturated rings. The minimum atomic E-state index is -0.267. The van der Waals surface area contributed by atoms with E-state index in [-0.39, 0.29) is 11.7 Å². The van der Waals surface area contributed by atoms with Gasteiger partial charge in [0.15, 0.2) is 0 Å². The molecule has 6 heteroatoms. The van der Waals surface area contributed by atoms with E-state index in [2.05, 4.69) is 20.3 Å². The van der Waals surface area contributed by atoms with E-state index in [1.165, 1.54) is 6.07 Å². The predicted molar refractivity (Wildman–Crippen MR) is 81.9 cm³/mol. The SMILES string of the molecule is Oc1cc(Cl)ccc1C(C1=NCCCN1)c1cnccn1. The molecule has 1 aromatic heterocycles. The van der Waals surface area contributed by atoms with Crippen molar-refractivity contribution < 1.29 is 5.11 Å². The second-order valence-electron chi connectivity index (χ2n) is 4.81. The van der Waals surface area contributed by atoms with Gasteiger partial charge in [0.2, 0.25) is 0 Å². The molecule has 2 N–H and O–H groups in total. The summed E-state index contributed by atoms with van der Waals surface area (Å²) in [5.74, 6) is 0.670. The molecule has 2 aromatic rings. The van der Waals surface area contributed by atoms with Crippen LogP contribution in [-0.4, -0.2) is 34.0 Å². The zero-order chi connectivity index (χ0) is 14.7. The van der Waals surface area contributed by atoms with Gasteiger partial charge in [-0.15, -0.1) is 0 Å². The summed E-state index contributed by atoms with van der Waals surface area (Å²) in [7, 11) is 0. The van der Waals surface area contributed by atoms with Gasteiger partial charge in [0.05, 0.1) is 11.6 Å². The Kier molecular flexibility index (Phi) is 4.01. The first-order valence-corrected chi connectivity index (χ1v) is 7.16. The fourth-order valence-corrected chi connectivity index (χ4v) is 2.58. The topological polar surface area (TPSA) is 70.4 Å². The van der Waals surface area contributed by atoms with Crippen molar-refractivity contribution in [1.82, 2.24) is 15.3 Å². The van der Waals surface area contributed by atoms with Crippen molar-refractivity contribution in [3.8, 4) is 5.75 Å². The lowest BCUT2D eigenvalue weighted by Crippen LogP contribution is -2.35. The maximum Gasteiger partial charge on any atom is 0.121 e. The smallest absolute Gasteiger partial charge is 0.121 e. The Morgan fingerprint density at radius 1 is 1.29 bits per heavy atom. The van der Waals surface area contributed by atoms with Crippen LogP contribution in [0.2, 0.25) is 5.02 Å². The molecule has 0 saturated heterocycles. The molecule has 0 bridgehead atoms. The number of rotatable bonds is 3. The van der Waals surface area contributed by atoms with Crippen LogP contribution >= 0.6 is 11.6 Å². The molecule has 1 aliphatic heterocycles. The van der Waals surface area contributed by atoms with Crippen LogP contribution in [0.1, 0.15) is 23.6 Å². The summed E-state index contributed by atoms with van der Waals surface area (Å²) in [5, 5.41) is 14.0. The van der Waals surface area contributed by atoms with E-state index in [4.69, 9.17) is 11.6 Å². The second kappa shape index (κ2) is 6.10. The summed E-state index contributed by atoms with van der Waals surface area (Å²) < 4.78 is 0. The lowest BCUT2D eigenvalue weighted by Gasteiger charge is -2.24. The summed E-state index contributed by atoms with van der Waals surface area (Å²) in [5.41, 5.74) is 1.45. The van der Waals surface area contributed by atoms with Crippen LogP contribution in [0.25, 0.3) is 0 Å². The molecule has 0 amide bonds. The van der Waals surface area contributed by atoms with Crippen molar-refractivity contribution in [3.05, 3.63) is 53.1 Å². The number of aromatic hydroxyl groups is 1. The van der Waals surface area contributed by atoms with Crippen molar-refractivity contribution in [2.45, 2.75) is 12.3 Å². The second-order valence-corrected chi connectivity index (χ2v) is 5.25. The van der Waals surface area contributed by atoms with E-state index in [1.54, 1.807) is 30.7 Å². The maximum absolute atomic E-state index is 10.2. The minimum absolute atomic E-state index is 0.133. The van der Waals surface area contributed by atoms with Crippen molar-refractivity contribution >= 4 is 17.4 Å². The third-order valence-corrected chi connectivity index (χ3v) is 3.61. The molecule has 1 aliphatic rings. The molecular formula is C15H15ClN4O. The van der Waals surface area contributed by atoms with Gasteiger partial charge in [-0.05, 0) is 18.6 Å². The van der Waals surface area contributed by atoms with E-state index in [0.29, 0.717) is 10.6 Å². The number of nitrogens with zero attached hydrogens (tertiary/aromatic N) is 3. The predicted octanol–water partition coefficient (Wildman–Crippen LogP) is 2.36. The van der Waals surface area contributed by atoms with Crippen molar-refractivity contribution in [2.75, 3.05) is 13.1 Å². The minimum Gasteiger partial charge on any atom is -0.508 e. The molecule has 2 heterocycles. The average Bonchev–Trinajstić information content (AvgIpc) is 2.52. The summed E-state index contributed by atoms with van der Waals surface area (Å²) >= 11 is 5.92. The molecule has 1 unspecified atom stereocenters. The molecular weight excluding hydrogens is 288 g/mol. The zero-order valence-electron chi connectivity index (χ0n) is 11.3. The third kappa shape index (κ3) is 2.97. The van der Waals surface area contributed by atoms with Gasteiger partial charge in [-0.25, -0.2) is 0 Å². The van der Waals surface area contributed by atoms with Gasteiger partial charge < -0.3 is 10.4 Å². The van der Waals surface area contributed by atoms with E-state index in [1.807, 2.05) is 0 Å². The molecule has 0 aliphatic carbocycles. The van der Waals surface area contributed by atoms with E-state index < -0.39 is 0 Å². The molecule has 3 rings (SSSR count). The standard InChI is InChI=1S/C15H15ClN4O/c16-10-2-3-11(13(21)8-10)14(12-9-17-6-7-18-12)15-19-4-1-5-20-15/h2-3,6-9,14,21H,1,4-5H2,(H,19,20). The highest BCUT2D eigenvalue weighted by molar-refractivity contribution is 6.30. The van der Waals surface area contributed by atoms with Crippen molar-refractivity contribution in [1.29, 1.82) is 0 Å². The van der Waals surface area contributed by atoms with Gasteiger partial charge in [0, 0.05) is 42.3 Å². The lowest BCUT2D eigenvalue weighted by atomic mass is 9.93. The third-order valence-electron chi connectivity index (χ3n) is 3.38. The first-order chi connectivity index (χ1) is 10.3. The summed E-state index contributed by atoms with van der Waals surface area (Å²) in [4.78, 5) is 13.0. The van der Waals surface area contributed by atoms with Crippen LogP contribution < -0.4 is 5.32 Å². The number of hydrogen-bond donors (Lipinski definition) is 2. The van der Waals surface area contributed by atoms with Gasteiger partial charge >= 0.3 is 0 Å². The highest BCUT2D eigenvalue weighted by Gasteiger charge is 2.26. The van der Waals surface area contributed by atoms with E-state index in [0.717, 1.165) is 31.0 Å². The fraction of sp³-hybridized carbons (Fsp3) is 0.267. The number of halogens is 1. The number of aliphatic imine (C=N–C) groups is 1. The van der Waals surface area contributed by atoms with Crippen LogP contribution in [-0.2, 0) is 0 Å². The molecule has 1 atom stereocenters. The molecule has 0 spiro atoms. The summed E-state index contributed by atoms with van der Waals surface area (Å²) in [6, 6.07) is 5.09. The van der Waals surface area contributed by atoms with Crippen LogP contribution in [0.3, 0.4) is 0 Å². The van der Waals surface area contributed by atoms with Crippen LogP contribution in [0, 0.1) is 0 Å². The van der Waals surface area contributed by atoms with E-state index >= 15 is 0 Å². The monoisotopic (exact) mass is 302 g/mol. The van der Waals surface area contributed by atoms with Gasteiger partial charge in [-0.3, -0.25) is 15.0 Å². The van der Waals surface area contributed by atoms with Gasteiger partial charge in [0.1, 0.15) is 11.6 Å². The highest BCUT2D eigenvalue weighted by Crippen LogP contribution is 2.33. The Bertz CT molecular complexity index is 660. The molecule has 1 aromatic carbocycles. The Hall–Kier alpha value is -2.14. The van der Waals surface area contributed by atoms with Crippen molar-refractivity contribution in [3.63, 3.8) is 0 Å². The highest BCUT2D eigenvalue weighted by atomic mass is 35.5. The number of aromatic nitrogens is 2. The zero-order valence-corrected chi connectivity index (χ0v) is 12.1. The first-order valence-electron chi connectivity index (χ1n) is 6.78. The van der Waals surface area contributed by atoms with Crippen LogP contribution in [0.15, 0.2) is 41.8 Å². The van der Waals surface area contributed by atoms with Crippen molar-refractivity contribution in [2.24, 2.45) is 4.99 Å². The van der Waals surface area contributed by atoms with Crippen LogP contribution in [0.4, 0.5) is 0 Å². The molecule has 21 heavy (non-hydrogen) atoms. The largest absolute Gasteiger partial charge is 0.508 e. The fourth-order valence-electron chi connectivity index (χ4n) is 2.41. The Labute approximate surface area is 127 Å². The van der Waals surface area contributed by atoms with E-state index in [9.17, 15) is 5.11 Å². The number of benzene rings is 1. The number of amidine groups is 1. The van der Waals surface area contributed by atoms with Crippen LogP contribution in [0.5, 0.6) is 5.75 Å². The van der Waals surface area contributed by atoms with Gasteiger partial charge in [-0.2, -0.15) is 0 Å². The normalized spacial score (nSPS) is 16.0. The number of phenolic OH excluding ortho intramolecular Hbond substituents is 1. The number of hydrogen-bond acceptors (Lipinski definition) is 5. The Balaban J connectivity index is 2.09. The molecule has 5 nitrogen and oxygen atoms in total. The summed E-state index contributed by atoms with van der Waals surface area (Å²) in [6.07, 6.45) is 5.96. The van der Waals surface area contributed by atoms with Gasteiger partial charge in [0.25, 0.3) is 0 Å². The lowest BCUT2D eigenvalue weighted by molar-refractivity contribution is 0.467. The molecule has 108 valence electrons. The summed E-state index contributed by atoms with van der Waals surface area (Å²) in [6.45, 7) is 1.64. The quantitative estimate of drug-likeness (QED) is 0.913. The van der Waals surface area contributed by atoms with Gasteiger partial charge in [-0.1, -0.05) is 17.7 Å². The Morgan fingerprint density at radius 3 is 2.86 bits per heavy atom.